The molecule has 4 heteroatoms. The summed E-state index contributed by atoms with van der Waals surface area (Å²) in [6.07, 6.45) is 1.30. The predicted octanol–water partition coefficient (Wildman–Crippen LogP) is 2.46. The molecule has 0 spiro atoms. The van der Waals surface area contributed by atoms with Crippen LogP contribution in [0.15, 0.2) is 28.8 Å². The Kier molecular flexibility index (Phi) is 2.68. The maximum atomic E-state index is 11.8. The molecule has 0 bridgehead atoms. The summed E-state index contributed by atoms with van der Waals surface area (Å²) >= 11 is 3.07. The van der Waals surface area contributed by atoms with Crippen LogP contribution in [0.1, 0.15) is 11.1 Å². The topological polar surface area (TPSA) is 37.4 Å². The van der Waals surface area contributed by atoms with E-state index in [1.165, 1.54) is 11.0 Å². The van der Waals surface area contributed by atoms with Crippen LogP contribution in [-0.4, -0.2) is 11.8 Å². The number of hydrogen-bond donors (Lipinski definition) is 0. The number of carbonyl (C=O) groups excluding carboxylic acids is 2. The molecule has 0 saturated carbocycles. The van der Waals surface area contributed by atoms with Gasteiger partial charge in [-0.2, -0.15) is 0 Å². The van der Waals surface area contributed by atoms with E-state index in [1.54, 1.807) is 0 Å². The largest absolute Gasteiger partial charge is 0.272 e. The second kappa shape index (κ2) is 3.87. The molecule has 3 nitrogen and oxygen atoms in total. The number of halogens is 1. The van der Waals surface area contributed by atoms with Crippen LogP contribution in [0.3, 0.4) is 0 Å². The van der Waals surface area contributed by atoms with Gasteiger partial charge in [0.15, 0.2) is 0 Å². The number of amides is 2. The first-order valence-electron chi connectivity index (χ1n) is 4.83. The van der Waals surface area contributed by atoms with Crippen molar-refractivity contribution in [3.63, 3.8) is 0 Å². The summed E-state index contributed by atoms with van der Waals surface area (Å²) in [6.45, 7) is 3.80. The van der Waals surface area contributed by atoms with Crippen LogP contribution in [0.5, 0.6) is 0 Å². The average molecular weight is 280 g/mol. The normalized spacial score (nSPS) is 15.7. The molecule has 2 rings (SSSR count). The highest BCUT2D eigenvalue weighted by Gasteiger charge is 2.31. The van der Waals surface area contributed by atoms with Crippen LogP contribution in [0.4, 0.5) is 5.69 Å². The van der Waals surface area contributed by atoms with Crippen molar-refractivity contribution < 1.29 is 9.59 Å². The fourth-order valence-corrected chi connectivity index (χ4v) is 2.00. The van der Waals surface area contributed by atoms with E-state index in [0.717, 1.165) is 11.1 Å². The molecule has 16 heavy (non-hydrogen) atoms. The van der Waals surface area contributed by atoms with Gasteiger partial charge in [0, 0.05) is 6.08 Å². The minimum Gasteiger partial charge on any atom is -0.269 e. The van der Waals surface area contributed by atoms with Gasteiger partial charge in [-0.3, -0.25) is 9.59 Å². The summed E-state index contributed by atoms with van der Waals surface area (Å²) in [7, 11) is 0. The Morgan fingerprint density at radius 3 is 2.44 bits per heavy atom. The Morgan fingerprint density at radius 1 is 1.19 bits per heavy atom. The number of benzene rings is 1. The van der Waals surface area contributed by atoms with Crippen molar-refractivity contribution in [2.75, 3.05) is 4.90 Å². The lowest BCUT2D eigenvalue weighted by atomic mass is 10.1. The zero-order valence-corrected chi connectivity index (χ0v) is 10.5. The quantitative estimate of drug-likeness (QED) is 0.741. The first-order valence-corrected chi connectivity index (χ1v) is 5.63. The molecule has 1 aliphatic rings. The highest BCUT2D eigenvalue weighted by Crippen LogP contribution is 2.28. The summed E-state index contributed by atoms with van der Waals surface area (Å²) < 4.78 is 0.304. The van der Waals surface area contributed by atoms with Gasteiger partial charge in [-0.15, -0.1) is 0 Å². The lowest BCUT2D eigenvalue weighted by Crippen LogP contribution is -2.30. The number of nitrogens with zero attached hydrogens (tertiary/aromatic N) is 1. The van der Waals surface area contributed by atoms with Gasteiger partial charge in [0.2, 0.25) is 0 Å². The molecule has 0 saturated heterocycles. The highest BCUT2D eigenvalue weighted by atomic mass is 79.9. The van der Waals surface area contributed by atoms with E-state index in [2.05, 4.69) is 15.9 Å². The zero-order chi connectivity index (χ0) is 11.9. The molecule has 0 N–H and O–H groups in total. The van der Waals surface area contributed by atoms with Crippen molar-refractivity contribution >= 4 is 33.4 Å². The van der Waals surface area contributed by atoms with Crippen molar-refractivity contribution in [1.82, 2.24) is 0 Å². The van der Waals surface area contributed by atoms with Crippen molar-refractivity contribution in [2.45, 2.75) is 13.8 Å². The van der Waals surface area contributed by atoms with Gasteiger partial charge in [-0.1, -0.05) is 12.1 Å². The third-order valence-corrected chi connectivity index (χ3v) is 3.05. The molecular formula is C12H10BrNO2. The SMILES string of the molecule is Cc1ccc(C)c(N2C(=O)C=C(Br)C2=O)c1. The van der Waals surface area contributed by atoms with Gasteiger partial charge in [0.1, 0.15) is 0 Å². The van der Waals surface area contributed by atoms with E-state index in [1.807, 2.05) is 32.0 Å². The lowest BCUT2D eigenvalue weighted by Gasteiger charge is -2.17. The average Bonchev–Trinajstić information content (AvgIpc) is 2.46. The number of aryl methyl sites for hydroxylation is 2. The van der Waals surface area contributed by atoms with Crippen LogP contribution in [-0.2, 0) is 9.59 Å². The number of rotatable bonds is 1. The molecule has 0 aromatic heterocycles. The fourth-order valence-electron chi connectivity index (χ4n) is 1.63. The molecule has 2 amide bonds. The molecular weight excluding hydrogens is 270 g/mol. The van der Waals surface area contributed by atoms with Crippen LogP contribution in [0.2, 0.25) is 0 Å². The van der Waals surface area contributed by atoms with Crippen molar-refractivity contribution in [1.29, 1.82) is 0 Å². The molecule has 0 aliphatic carbocycles. The first-order chi connectivity index (χ1) is 7.50. The van der Waals surface area contributed by atoms with Crippen molar-refractivity contribution in [2.24, 2.45) is 0 Å². The summed E-state index contributed by atoms with van der Waals surface area (Å²) in [5, 5.41) is 0. The minimum atomic E-state index is -0.307. The van der Waals surface area contributed by atoms with Crippen molar-refractivity contribution in [3.8, 4) is 0 Å². The van der Waals surface area contributed by atoms with Crippen molar-refractivity contribution in [3.05, 3.63) is 39.9 Å². The van der Waals surface area contributed by atoms with E-state index >= 15 is 0 Å². The fraction of sp³-hybridized carbons (Fsp3) is 0.167. The van der Waals surface area contributed by atoms with E-state index in [0.29, 0.717) is 10.2 Å². The standard InChI is InChI=1S/C12H10BrNO2/c1-7-3-4-8(2)10(5-7)14-11(15)6-9(13)12(14)16/h3-6H,1-2H3. The van der Waals surface area contributed by atoms with E-state index in [-0.39, 0.29) is 11.8 Å². The Balaban J connectivity index is 2.50. The number of imide groups is 1. The molecule has 0 fully saturated rings. The molecule has 1 aliphatic heterocycles. The van der Waals surface area contributed by atoms with Gasteiger partial charge in [-0.05, 0) is 47.0 Å². The van der Waals surface area contributed by atoms with E-state index in [4.69, 9.17) is 0 Å². The Morgan fingerprint density at radius 2 is 1.88 bits per heavy atom. The van der Waals surface area contributed by atoms with Gasteiger partial charge in [0.25, 0.3) is 11.8 Å². The van der Waals surface area contributed by atoms with E-state index in [9.17, 15) is 9.59 Å². The van der Waals surface area contributed by atoms with Gasteiger partial charge in [-0.25, -0.2) is 4.90 Å². The molecule has 1 heterocycles. The monoisotopic (exact) mass is 279 g/mol. The second-order valence-electron chi connectivity index (χ2n) is 3.76. The lowest BCUT2D eigenvalue weighted by molar-refractivity contribution is -0.120. The van der Waals surface area contributed by atoms with E-state index < -0.39 is 0 Å². The third-order valence-electron chi connectivity index (χ3n) is 2.48. The van der Waals surface area contributed by atoms with Gasteiger partial charge >= 0.3 is 0 Å². The van der Waals surface area contributed by atoms with Crippen LogP contribution >= 0.6 is 15.9 Å². The van der Waals surface area contributed by atoms with Crippen LogP contribution < -0.4 is 4.90 Å². The maximum Gasteiger partial charge on any atom is 0.272 e. The molecule has 0 atom stereocenters. The number of carbonyl (C=O) groups is 2. The van der Waals surface area contributed by atoms with Crippen LogP contribution in [0.25, 0.3) is 0 Å². The Bertz CT molecular complexity index is 520. The molecule has 1 aromatic carbocycles. The van der Waals surface area contributed by atoms with Crippen LogP contribution in [0, 0.1) is 13.8 Å². The summed E-state index contributed by atoms with van der Waals surface area (Å²) in [5.41, 5.74) is 2.58. The molecule has 82 valence electrons. The number of anilines is 1. The first kappa shape index (κ1) is 11.1. The summed E-state index contributed by atoms with van der Waals surface area (Å²) in [5.74, 6) is -0.607. The third kappa shape index (κ3) is 1.69. The predicted molar refractivity (Wildman–Crippen MR) is 65.4 cm³/mol. The highest BCUT2D eigenvalue weighted by molar-refractivity contribution is 9.12. The molecule has 0 unspecified atom stereocenters. The smallest absolute Gasteiger partial charge is 0.269 e. The summed E-state index contributed by atoms with van der Waals surface area (Å²) in [4.78, 5) is 24.6. The second-order valence-corrected chi connectivity index (χ2v) is 4.62. The Labute approximate surface area is 102 Å². The molecule has 0 radical (unpaired) electrons. The zero-order valence-electron chi connectivity index (χ0n) is 8.95. The minimum absolute atomic E-state index is 0.300. The molecule has 1 aromatic rings. The maximum absolute atomic E-state index is 11.8. The van der Waals surface area contributed by atoms with Gasteiger partial charge in [0.05, 0.1) is 10.2 Å². The van der Waals surface area contributed by atoms with Gasteiger partial charge < -0.3 is 0 Å². The number of hydrogen-bond acceptors (Lipinski definition) is 2. The summed E-state index contributed by atoms with van der Waals surface area (Å²) in [6, 6.07) is 5.69. The Hall–Kier alpha value is -1.42.